The first kappa shape index (κ1) is 13.9. The molecule has 0 fully saturated rings. The van der Waals surface area contributed by atoms with E-state index >= 15 is 0 Å². The predicted molar refractivity (Wildman–Crippen MR) is 75.2 cm³/mol. The molecule has 1 aromatic heterocycles. The molecule has 0 radical (unpaired) electrons. The van der Waals surface area contributed by atoms with Crippen molar-refractivity contribution in [2.45, 2.75) is 31.0 Å². The number of nitrogens with zero attached hydrogens (tertiary/aromatic N) is 3. The summed E-state index contributed by atoms with van der Waals surface area (Å²) < 4.78 is 15.5. The standard InChI is InChI=1S/C13H17FN4S/c1-9(2)6-18-13(16-8-17-18)7-19-12-4-3-10(15)5-11(12)14/h3-5,8-9H,6-7,15H2,1-2H3. The largest absolute Gasteiger partial charge is 0.399 e. The van der Waals surface area contributed by atoms with E-state index in [4.69, 9.17) is 5.73 Å². The van der Waals surface area contributed by atoms with Gasteiger partial charge in [-0.2, -0.15) is 5.10 Å². The number of anilines is 1. The van der Waals surface area contributed by atoms with Crippen LogP contribution >= 0.6 is 11.8 Å². The summed E-state index contributed by atoms with van der Waals surface area (Å²) >= 11 is 1.40. The number of benzene rings is 1. The SMILES string of the molecule is CC(C)Cn1ncnc1CSc1ccc(N)cc1F. The molecule has 2 rings (SSSR count). The Balaban J connectivity index is 2.04. The molecule has 0 saturated carbocycles. The number of rotatable bonds is 5. The number of hydrogen-bond acceptors (Lipinski definition) is 4. The van der Waals surface area contributed by atoms with E-state index in [1.54, 1.807) is 12.1 Å². The first-order valence-electron chi connectivity index (χ1n) is 6.10. The monoisotopic (exact) mass is 280 g/mol. The van der Waals surface area contributed by atoms with Crippen LogP contribution in [0.5, 0.6) is 0 Å². The second kappa shape index (κ2) is 6.06. The zero-order chi connectivity index (χ0) is 13.8. The third kappa shape index (κ3) is 3.70. The molecule has 0 spiro atoms. The van der Waals surface area contributed by atoms with Crippen LogP contribution < -0.4 is 5.73 Å². The van der Waals surface area contributed by atoms with Gasteiger partial charge in [0.25, 0.3) is 0 Å². The van der Waals surface area contributed by atoms with E-state index in [1.165, 1.54) is 24.2 Å². The first-order valence-corrected chi connectivity index (χ1v) is 7.09. The van der Waals surface area contributed by atoms with Crippen molar-refractivity contribution >= 4 is 17.4 Å². The maximum Gasteiger partial charge on any atom is 0.138 e. The minimum atomic E-state index is -0.292. The summed E-state index contributed by atoms with van der Waals surface area (Å²) in [6.45, 7) is 5.07. The molecule has 6 heteroatoms. The highest BCUT2D eigenvalue weighted by Gasteiger charge is 2.09. The second-order valence-electron chi connectivity index (χ2n) is 4.73. The zero-order valence-electron chi connectivity index (χ0n) is 11.0. The van der Waals surface area contributed by atoms with Crippen LogP contribution in [0.3, 0.4) is 0 Å². The normalized spacial score (nSPS) is 11.2. The maximum atomic E-state index is 13.6. The molecule has 1 heterocycles. The highest BCUT2D eigenvalue weighted by Crippen LogP contribution is 2.26. The Labute approximate surface area is 116 Å². The fraction of sp³-hybridized carbons (Fsp3) is 0.385. The van der Waals surface area contributed by atoms with Gasteiger partial charge >= 0.3 is 0 Å². The van der Waals surface area contributed by atoms with Crippen LogP contribution in [0.15, 0.2) is 29.4 Å². The van der Waals surface area contributed by atoms with Crippen molar-refractivity contribution in [2.75, 3.05) is 5.73 Å². The van der Waals surface area contributed by atoms with E-state index in [9.17, 15) is 4.39 Å². The van der Waals surface area contributed by atoms with Crippen LogP contribution in [0.25, 0.3) is 0 Å². The van der Waals surface area contributed by atoms with E-state index in [0.29, 0.717) is 22.3 Å². The summed E-state index contributed by atoms with van der Waals surface area (Å²) in [7, 11) is 0. The minimum Gasteiger partial charge on any atom is -0.399 e. The molecule has 0 amide bonds. The molecule has 2 N–H and O–H groups in total. The summed E-state index contributed by atoms with van der Waals surface area (Å²) in [6, 6.07) is 4.73. The molecule has 0 aliphatic rings. The molecule has 0 saturated heterocycles. The molecule has 2 aromatic rings. The Morgan fingerprint density at radius 2 is 2.21 bits per heavy atom. The van der Waals surface area contributed by atoms with Gasteiger partial charge in [-0.1, -0.05) is 13.8 Å². The Morgan fingerprint density at radius 3 is 2.89 bits per heavy atom. The maximum absolute atomic E-state index is 13.6. The fourth-order valence-corrected chi connectivity index (χ4v) is 2.54. The Morgan fingerprint density at radius 1 is 1.42 bits per heavy atom. The molecule has 102 valence electrons. The summed E-state index contributed by atoms with van der Waals surface area (Å²) in [6.07, 6.45) is 1.54. The molecular weight excluding hydrogens is 263 g/mol. The number of thioether (sulfide) groups is 1. The van der Waals surface area contributed by atoms with Gasteiger partial charge in [-0.25, -0.2) is 14.1 Å². The lowest BCUT2D eigenvalue weighted by Crippen LogP contribution is -2.09. The van der Waals surface area contributed by atoms with Crippen LogP contribution in [0.2, 0.25) is 0 Å². The molecular formula is C13H17FN4S. The van der Waals surface area contributed by atoms with Gasteiger partial charge in [0.2, 0.25) is 0 Å². The van der Waals surface area contributed by atoms with E-state index in [-0.39, 0.29) is 5.82 Å². The number of aromatic nitrogens is 3. The van der Waals surface area contributed by atoms with Crippen molar-refractivity contribution in [3.05, 3.63) is 36.2 Å². The Bertz CT molecular complexity index is 553. The molecule has 0 bridgehead atoms. The Hall–Kier alpha value is -1.56. The van der Waals surface area contributed by atoms with Crippen molar-refractivity contribution < 1.29 is 4.39 Å². The number of halogens is 1. The lowest BCUT2D eigenvalue weighted by Gasteiger charge is -2.08. The van der Waals surface area contributed by atoms with Crippen molar-refractivity contribution in [3.63, 3.8) is 0 Å². The lowest BCUT2D eigenvalue weighted by molar-refractivity contribution is 0.471. The quantitative estimate of drug-likeness (QED) is 0.676. The van der Waals surface area contributed by atoms with Gasteiger partial charge in [0, 0.05) is 17.1 Å². The highest BCUT2D eigenvalue weighted by atomic mass is 32.2. The number of hydrogen-bond donors (Lipinski definition) is 1. The van der Waals surface area contributed by atoms with Gasteiger partial charge in [0.1, 0.15) is 18.0 Å². The van der Waals surface area contributed by atoms with E-state index in [0.717, 1.165) is 12.4 Å². The molecule has 0 unspecified atom stereocenters. The molecule has 0 atom stereocenters. The van der Waals surface area contributed by atoms with Gasteiger partial charge in [-0.15, -0.1) is 11.8 Å². The first-order chi connectivity index (χ1) is 9.06. The third-order valence-corrected chi connectivity index (χ3v) is 3.59. The van der Waals surface area contributed by atoms with Gasteiger partial charge in [-0.05, 0) is 24.1 Å². The van der Waals surface area contributed by atoms with Crippen molar-refractivity contribution in [1.82, 2.24) is 14.8 Å². The fourth-order valence-electron chi connectivity index (χ4n) is 1.67. The average Bonchev–Trinajstić information content (AvgIpc) is 2.74. The third-order valence-electron chi connectivity index (χ3n) is 2.55. The number of nitrogens with two attached hydrogens (primary N) is 1. The molecule has 1 aromatic carbocycles. The van der Waals surface area contributed by atoms with Crippen LogP contribution in [-0.2, 0) is 12.3 Å². The van der Waals surface area contributed by atoms with Gasteiger partial charge in [0.05, 0.1) is 5.75 Å². The summed E-state index contributed by atoms with van der Waals surface area (Å²) in [5.74, 6) is 1.65. The van der Waals surface area contributed by atoms with Crippen LogP contribution in [-0.4, -0.2) is 14.8 Å². The molecule has 0 aliphatic heterocycles. The lowest BCUT2D eigenvalue weighted by atomic mass is 10.2. The van der Waals surface area contributed by atoms with Gasteiger partial charge in [0.15, 0.2) is 0 Å². The van der Waals surface area contributed by atoms with E-state index in [1.807, 2.05) is 4.68 Å². The van der Waals surface area contributed by atoms with Crippen molar-refractivity contribution in [1.29, 1.82) is 0 Å². The van der Waals surface area contributed by atoms with Crippen LogP contribution in [0.1, 0.15) is 19.7 Å². The van der Waals surface area contributed by atoms with Crippen LogP contribution in [0, 0.1) is 11.7 Å². The Kier molecular flexibility index (Phi) is 4.42. The van der Waals surface area contributed by atoms with E-state index in [2.05, 4.69) is 23.9 Å². The van der Waals surface area contributed by atoms with E-state index < -0.39 is 0 Å². The topological polar surface area (TPSA) is 56.7 Å². The van der Waals surface area contributed by atoms with Gasteiger partial charge < -0.3 is 5.73 Å². The van der Waals surface area contributed by atoms with Crippen LogP contribution in [0.4, 0.5) is 10.1 Å². The van der Waals surface area contributed by atoms with Crippen molar-refractivity contribution in [3.8, 4) is 0 Å². The summed E-state index contributed by atoms with van der Waals surface area (Å²) in [4.78, 5) is 4.79. The summed E-state index contributed by atoms with van der Waals surface area (Å²) in [5, 5.41) is 4.18. The predicted octanol–water partition coefficient (Wildman–Crippen LogP) is 2.95. The summed E-state index contributed by atoms with van der Waals surface area (Å²) in [5.41, 5.74) is 5.96. The van der Waals surface area contributed by atoms with Gasteiger partial charge in [-0.3, -0.25) is 0 Å². The average molecular weight is 280 g/mol. The molecule has 0 aliphatic carbocycles. The smallest absolute Gasteiger partial charge is 0.138 e. The zero-order valence-corrected chi connectivity index (χ0v) is 11.8. The highest BCUT2D eigenvalue weighted by molar-refractivity contribution is 7.98. The molecule has 4 nitrogen and oxygen atoms in total. The van der Waals surface area contributed by atoms with Crippen molar-refractivity contribution in [2.24, 2.45) is 5.92 Å². The molecule has 19 heavy (non-hydrogen) atoms. The number of nitrogen functional groups attached to an aromatic ring is 1. The minimum absolute atomic E-state index is 0.292. The second-order valence-corrected chi connectivity index (χ2v) is 5.75.